The first-order valence-electron chi connectivity index (χ1n) is 6.02. The molecule has 1 nitrogen and oxygen atoms in total. The Kier molecular flexibility index (Phi) is 4.58. The number of hydrogen-bond acceptors (Lipinski definition) is 1. The zero-order valence-electron chi connectivity index (χ0n) is 10.8. The number of aryl methyl sites for hydroxylation is 2. The van der Waals surface area contributed by atoms with Gasteiger partial charge in [-0.15, -0.1) is 0 Å². The minimum Gasteiger partial charge on any atom is -0.294 e. The minimum atomic E-state index is 0.144. The summed E-state index contributed by atoms with van der Waals surface area (Å²) < 4.78 is 2.05. The maximum Gasteiger partial charge on any atom is 0.167 e. The molecule has 0 aliphatic carbocycles. The van der Waals surface area contributed by atoms with Gasteiger partial charge in [0, 0.05) is 20.9 Å². The number of rotatable bonds is 3. The summed E-state index contributed by atoms with van der Waals surface area (Å²) in [6.45, 7) is 4.01. The van der Waals surface area contributed by atoms with Gasteiger partial charge < -0.3 is 0 Å². The SMILES string of the molecule is Cc1cc(C(=O)Cc2ccccc2Br)cc(C)c1Br. The van der Waals surface area contributed by atoms with Gasteiger partial charge in [-0.05, 0) is 48.7 Å². The third kappa shape index (κ3) is 3.34. The first kappa shape index (κ1) is 14.5. The van der Waals surface area contributed by atoms with Crippen LogP contribution in [0.25, 0.3) is 0 Å². The number of Topliss-reactive ketones (excluding diaryl/α,β-unsaturated/α-hetero) is 1. The van der Waals surface area contributed by atoms with Gasteiger partial charge in [0.25, 0.3) is 0 Å². The normalized spacial score (nSPS) is 10.5. The minimum absolute atomic E-state index is 0.144. The molecule has 0 atom stereocenters. The molecule has 0 aromatic heterocycles. The van der Waals surface area contributed by atoms with E-state index in [0.717, 1.165) is 31.2 Å². The topological polar surface area (TPSA) is 17.1 Å². The maximum atomic E-state index is 12.3. The Labute approximate surface area is 130 Å². The van der Waals surface area contributed by atoms with Gasteiger partial charge in [-0.1, -0.05) is 50.1 Å². The molecular formula is C16H14Br2O. The van der Waals surface area contributed by atoms with E-state index in [1.807, 2.05) is 50.2 Å². The molecule has 0 bridgehead atoms. The molecule has 0 radical (unpaired) electrons. The average Bonchev–Trinajstić information content (AvgIpc) is 2.38. The monoisotopic (exact) mass is 380 g/mol. The second-order valence-corrected chi connectivity index (χ2v) is 6.26. The number of benzene rings is 2. The lowest BCUT2D eigenvalue weighted by molar-refractivity contribution is 0.0992. The molecule has 0 aliphatic heterocycles. The average molecular weight is 382 g/mol. The lowest BCUT2D eigenvalue weighted by Crippen LogP contribution is -2.05. The van der Waals surface area contributed by atoms with Crippen molar-refractivity contribution in [2.24, 2.45) is 0 Å². The van der Waals surface area contributed by atoms with Crippen LogP contribution in [0.3, 0.4) is 0 Å². The number of halogens is 2. The molecule has 0 N–H and O–H groups in total. The number of carbonyl (C=O) groups excluding carboxylic acids is 1. The van der Waals surface area contributed by atoms with Gasteiger partial charge in [-0.2, -0.15) is 0 Å². The van der Waals surface area contributed by atoms with E-state index >= 15 is 0 Å². The molecule has 19 heavy (non-hydrogen) atoms. The van der Waals surface area contributed by atoms with Crippen molar-refractivity contribution >= 4 is 37.6 Å². The van der Waals surface area contributed by atoms with Crippen molar-refractivity contribution < 1.29 is 4.79 Å². The Morgan fingerprint density at radius 3 is 2.21 bits per heavy atom. The third-order valence-electron chi connectivity index (χ3n) is 3.07. The van der Waals surface area contributed by atoms with Crippen molar-refractivity contribution in [2.45, 2.75) is 20.3 Å². The second kappa shape index (κ2) is 6.02. The summed E-state index contributed by atoms with van der Waals surface area (Å²) >= 11 is 7.00. The van der Waals surface area contributed by atoms with Crippen molar-refractivity contribution in [1.82, 2.24) is 0 Å². The summed E-state index contributed by atoms with van der Waals surface area (Å²) in [6, 6.07) is 11.7. The van der Waals surface area contributed by atoms with Crippen LogP contribution >= 0.6 is 31.9 Å². The van der Waals surface area contributed by atoms with Crippen molar-refractivity contribution in [2.75, 3.05) is 0 Å². The third-order valence-corrected chi connectivity index (χ3v) is 5.09. The Hall–Kier alpha value is -0.930. The van der Waals surface area contributed by atoms with Crippen molar-refractivity contribution in [3.8, 4) is 0 Å². The van der Waals surface area contributed by atoms with Crippen molar-refractivity contribution in [1.29, 1.82) is 0 Å². The van der Waals surface area contributed by atoms with Crippen LogP contribution in [0.4, 0.5) is 0 Å². The molecule has 98 valence electrons. The molecular weight excluding hydrogens is 368 g/mol. The first-order chi connectivity index (χ1) is 8.99. The zero-order chi connectivity index (χ0) is 14.0. The molecule has 3 heteroatoms. The van der Waals surface area contributed by atoms with Crippen LogP contribution in [0.5, 0.6) is 0 Å². The summed E-state index contributed by atoms with van der Waals surface area (Å²) in [4.78, 5) is 12.3. The smallest absolute Gasteiger partial charge is 0.167 e. The highest BCUT2D eigenvalue weighted by Gasteiger charge is 2.11. The van der Waals surface area contributed by atoms with Crippen LogP contribution in [0.1, 0.15) is 27.0 Å². The Morgan fingerprint density at radius 1 is 1.05 bits per heavy atom. The van der Waals surface area contributed by atoms with Gasteiger partial charge in [-0.25, -0.2) is 0 Å². The van der Waals surface area contributed by atoms with E-state index in [-0.39, 0.29) is 5.78 Å². The van der Waals surface area contributed by atoms with Crippen LogP contribution in [-0.2, 0) is 6.42 Å². The van der Waals surface area contributed by atoms with Gasteiger partial charge in [0.2, 0.25) is 0 Å². The van der Waals surface area contributed by atoms with E-state index in [9.17, 15) is 4.79 Å². The van der Waals surface area contributed by atoms with Crippen LogP contribution in [0.15, 0.2) is 45.3 Å². The predicted molar refractivity (Wildman–Crippen MR) is 85.8 cm³/mol. The molecule has 0 amide bonds. The highest BCUT2D eigenvalue weighted by Crippen LogP contribution is 2.24. The largest absolute Gasteiger partial charge is 0.294 e. The Bertz CT molecular complexity index is 609. The fourth-order valence-electron chi connectivity index (χ4n) is 2.02. The molecule has 2 aromatic rings. The summed E-state index contributed by atoms with van der Waals surface area (Å²) in [5.74, 6) is 0.144. The Balaban J connectivity index is 2.28. The van der Waals surface area contributed by atoms with Gasteiger partial charge in [0.1, 0.15) is 0 Å². The lowest BCUT2D eigenvalue weighted by atomic mass is 9.99. The second-order valence-electron chi connectivity index (χ2n) is 4.62. The fraction of sp³-hybridized carbons (Fsp3) is 0.188. The summed E-state index contributed by atoms with van der Waals surface area (Å²) in [7, 11) is 0. The number of hydrogen-bond donors (Lipinski definition) is 0. The molecule has 0 aliphatic rings. The maximum absolute atomic E-state index is 12.3. The molecule has 0 heterocycles. The molecule has 0 saturated carbocycles. The molecule has 0 spiro atoms. The van der Waals surface area contributed by atoms with Gasteiger partial charge in [0.15, 0.2) is 5.78 Å². The Morgan fingerprint density at radius 2 is 1.63 bits per heavy atom. The molecule has 0 unspecified atom stereocenters. The van der Waals surface area contributed by atoms with Crippen LogP contribution < -0.4 is 0 Å². The lowest BCUT2D eigenvalue weighted by Gasteiger charge is -2.08. The summed E-state index contributed by atoms with van der Waals surface area (Å²) in [6.07, 6.45) is 0.419. The van der Waals surface area contributed by atoms with E-state index < -0.39 is 0 Å². The van der Waals surface area contributed by atoms with Crippen LogP contribution in [-0.4, -0.2) is 5.78 Å². The van der Waals surface area contributed by atoms with Crippen LogP contribution in [0.2, 0.25) is 0 Å². The van der Waals surface area contributed by atoms with Crippen molar-refractivity contribution in [3.05, 3.63) is 67.6 Å². The van der Waals surface area contributed by atoms with E-state index in [1.165, 1.54) is 0 Å². The predicted octanol–water partition coefficient (Wildman–Crippen LogP) is 5.25. The molecule has 2 rings (SSSR count). The van der Waals surface area contributed by atoms with Gasteiger partial charge in [-0.3, -0.25) is 4.79 Å². The van der Waals surface area contributed by atoms with Crippen molar-refractivity contribution in [3.63, 3.8) is 0 Å². The standard InChI is InChI=1S/C16H14Br2O/c1-10-7-13(8-11(2)16(10)18)15(19)9-12-5-3-4-6-14(12)17/h3-8H,9H2,1-2H3. The molecule has 0 saturated heterocycles. The summed E-state index contributed by atoms with van der Waals surface area (Å²) in [5, 5.41) is 0. The molecule has 2 aromatic carbocycles. The highest BCUT2D eigenvalue weighted by molar-refractivity contribution is 9.10. The summed E-state index contributed by atoms with van der Waals surface area (Å²) in [5.41, 5.74) is 3.98. The van der Waals surface area contributed by atoms with Gasteiger partial charge >= 0.3 is 0 Å². The fourth-order valence-corrected chi connectivity index (χ4v) is 2.68. The quantitative estimate of drug-likeness (QED) is 0.663. The van der Waals surface area contributed by atoms with E-state index in [4.69, 9.17) is 0 Å². The van der Waals surface area contributed by atoms with Crippen LogP contribution in [0, 0.1) is 13.8 Å². The van der Waals surface area contributed by atoms with E-state index in [2.05, 4.69) is 31.9 Å². The number of carbonyl (C=O) groups is 1. The molecule has 0 fully saturated rings. The zero-order valence-corrected chi connectivity index (χ0v) is 14.0. The highest BCUT2D eigenvalue weighted by atomic mass is 79.9. The van der Waals surface area contributed by atoms with E-state index in [0.29, 0.717) is 6.42 Å². The first-order valence-corrected chi connectivity index (χ1v) is 7.61. The number of ketones is 1. The van der Waals surface area contributed by atoms with E-state index in [1.54, 1.807) is 0 Å². The van der Waals surface area contributed by atoms with Gasteiger partial charge in [0.05, 0.1) is 0 Å².